The van der Waals surface area contributed by atoms with Crippen LogP contribution in [0.4, 0.5) is 10.1 Å². The van der Waals surface area contributed by atoms with E-state index in [-0.39, 0.29) is 11.4 Å². The number of halogens is 2. The first-order valence-corrected chi connectivity index (χ1v) is 6.31. The van der Waals surface area contributed by atoms with Gasteiger partial charge >= 0.3 is 0 Å². The third-order valence-corrected chi connectivity index (χ3v) is 3.35. The van der Waals surface area contributed by atoms with Gasteiger partial charge in [0.2, 0.25) is 0 Å². The molecular formula is C13H18ClFN2. The molecule has 0 aromatic heterocycles. The number of benzene rings is 1. The summed E-state index contributed by atoms with van der Waals surface area (Å²) >= 11 is 6.11. The lowest BCUT2D eigenvalue weighted by Crippen LogP contribution is -2.46. The number of nitrogens with one attached hydrogen (secondary N) is 1. The molecule has 0 bridgehead atoms. The third kappa shape index (κ3) is 2.90. The second-order valence-corrected chi connectivity index (χ2v) is 5.56. The molecule has 1 heterocycles. The predicted octanol–water partition coefficient (Wildman–Crippen LogP) is 3.06. The van der Waals surface area contributed by atoms with Crippen molar-refractivity contribution in [1.82, 2.24) is 5.32 Å². The average molecular weight is 257 g/mol. The molecule has 1 aromatic carbocycles. The summed E-state index contributed by atoms with van der Waals surface area (Å²) < 4.78 is 13.9. The van der Waals surface area contributed by atoms with Crippen molar-refractivity contribution in [2.45, 2.75) is 25.8 Å². The minimum absolute atomic E-state index is 0.0257. The van der Waals surface area contributed by atoms with Crippen LogP contribution < -0.4 is 10.2 Å². The van der Waals surface area contributed by atoms with Crippen molar-refractivity contribution in [3.8, 4) is 0 Å². The van der Waals surface area contributed by atoms with Gasteiger partial charge in [0.1, 0.15) is 5.82 Å². The standard InChI is InChI=1S/C13H18ClFN2/c1-13(2)9-17(8-4-7-16-13)12-10(14)5-3-6-11(12)15/h3,5-6,16H,4,7-9H2,1-2H3. The van der Waals surface area contributed by atoms with E-state index in [1.54, 1.807) is 12.1 Å². The minimum Gasteiger partial charge on any atom is -0.366 e. The summed E-state index contributed by atoms with van der Waals surface area (Å²) in [7, 11) is 0. The van der Waals surface area contributed by atoms with Crippen LogP contribution in [0.1, 0.15) is 20.3 Å². The van der Waals surface area contributed by atoms with Crippen molar-refractivity contribution in [1.29, 1.82) is 0 Å². The van der Waals surface area contributed by atoms with Gasteiger partial charge in [0.25, 0.3) is 0 Å². The van der Waals surface area contributed by atoms with Crippen molar-refractivity contribution in [3.05, 3.63) is 29.0 Å². The molecule has 1 N–H and O–H groups in total. The van der Waals surface area contributed by atoms with Crippen LogP contribution in [0.2, 0.25) is 5.02 Å². The van der Waals surface area contributed by atoms with Gasteiger partial charge in [-0.05, 0) is 38.9 Å². The SMILES string of the molecule is CC1(C)CN(c2c(F)cccc2Cl)CCCN1. The van der Waals surface area contributed by atoms with Crippen LogP contribution >= 0.6 is 11.6 Å². The molecule has 0 unspecified atom stereocenters. The molecule has 2 nitrogen and oxygen atoms in total. The maximum absolute atomic E-state index is 13.9. The van der Waals surface area contributed by atoms with Gasteiger partial charge in [-0.25, -0.2) is 4.39 Å². The zero-order valence-electron chi connectivity index (χ0n) is 10.3. The number of nitrogens with zero attached hydrogens (tertiary/aromatic N) is 1. The average Bonchev–Trinajstić information content (AvgIpc) is 2.39. The zero-order valence-corrected chi connectivity index (χ0v) is 11.0. The molecule has 0 spiro atoms. The molecule has 0 saturated carbocycles. The topological polar surface area (TPSA) is 15.3 Å². The molecule has 17 heavy (non-hydrogen) atoms. The molecule has 0 aliphatic carbocycles. The number of rotatable bonds is 1. The zero-order chi connectivity index (χ0) is 12.5. The Morgan fingerprint density at radius 1 is 1.41 bits per heavy atom. The van der Waals surface area contributed by atoms with E-state index in [0.717, 1.165) is 26.1 Å². The molecule has 0 atom stereocenters. The summed E-state index contributed by atoms with van der Waals surface area (Å²) in [5.41, 5.74) is 0.508. The number of hydrogen-bond donors (Lipinski definition) is 1. The van der Waals surface area contributed by atoms with Gasteiger partial charge in [0, 0.05) is 18.6 Å². The van der Waals surface area contributed by atoms with Crippen LogP contribution in [-0.4, -0.2) is 25.2 Å². The smallest absolute Gasteiger partial charge is 0.148 e. The lowest BCUT2D eigenvalue weighted by molar-refractivity contribution is 0.415. The van der Waals surface area contributed by atoms with Crippen molar-refractivity contribution < 1.29 is 4.39 Å². The molecule has 1 aromatic rings. The van der Waals surface area contributed by atoms with Gasteiger partial charge < -0.3 is 10.2 Å². The van der Waals surface area contributed by atoms with Crippen LogP contribution in [0.3, 0.4) is 0 Å². The maximum Gasteiger partial charge on any atom is 0.148 e. The van der Waals surface area contributed by atoms with Crippen molar-refractivity contribution in [3.63, 3.8) is 0 Å². The highest BCUT2D eigenvalue weighted by Gasteiger charge is 2.26. The molecular weight excluding hydrogens is 239 g/mol. The molecule has 1 aliphatic heterocycles. The molecule has 1 saturated heterocycles. The van der Waals surface area contributed by atoms with Crippen molar-refractivity contribution in [2.75, 3.05) is 24.5 Å². The van der Waals surface area contributed by atoms with Gasteiger partial charge in [0.05, 0.1) is 10.7 Å². The van der Waals surface area contributed by atoms with Crippen molar-refractivity contribution >= 4 is 17.3 Å². The highest BCUT2D eigenvalue weighted by atomic mass is 35.5. The summed E-state index contributed by atoms with van der Waals surface area (Å²) in [5.74, 6) is -0.241. The van der Waals surface area contributed by atoms with E-state index < -0.39 is 0 Å². The fourth-order valence-electron chi connectivity index (χ4n) is 2.29. The van der Waals surface area contributed by atoms with E-state index in [1.165, 1.54) is 6.07 Å². The molecule has 0 amide bonds. The van der Waals surface area contributed by atoms with Crippen molar-refractivity contribution in [2.24, 2.45) is 0 Å². The van der Waals surface area contributed by atoms with E-state index in [2.05, 4.69) is 19.2 Å². The third-order valence-electron chi connectivity index (χ3n) is 3.05. The molecule has 1 fully saturated rings. The Kier molecular flexibility index (Phi) is 3.59. The van der Waals surface area contributed by atoms with E-state index in [4.69, 9.17) is 11.6 Å². The van der Waals surface area contributed by atoms with E-state index in [1.807, 2.05) is 4.90 Å². The first kappa shape index (κ1) is 12.7. The quantitative estimate of drug-likeness (QED) is 0.831. The fourth-order valence-corrected chi connectivity index (χ4v) is 2.57. The molecule has 2 rings (SSSR count). The second-order valence-electron chi connectivity index (χ2n) is 5.16. The highest BCUT2D eigenvalue weighted by molar-refractivity contribution is 6.33. The van der Waals surface area contributed by atoms with Crippen LogP contribution in [-0.2, 0) is 0 Å². The Morgan fingerprint density at radius 2 is 2.18 bits per heavy atom. The largest absolute Gasteiger partial charge is 0.366 e. The lowest BCUT2D eigenvalue weighted by atomic mass is 10.1. The van der Waals surface area contributed by atoms with Gasteiger partial charge in [-0.2, -0.15) is 0 Å². The summed E-state index contributed by atoms with van der Waals surface area (Å²) in [5, 5.41) is 3.94. The van der Waals surface area contributed by atoms with Gasteiger partial charge in [0.15, 0.2) is 0 Å². The Labute approximate surface area is 107 Å². The molecule has 4 heteroatoms. The maximum atomic E-state index is 13.9. The first-order chi connectivity index (χ1) is 7.99. The van der Waals surface area contributed by atoms with E-state index in [0.29, 0.717) is 10.7 Å². The van der Waals surface area contributed by atoms with Crippen LogP contribution in [0.15, 0.2) is 18.2 Å². The van der Waals surface area contributed by atoms with Gasteiger partial charge in [-0.1, -0.05) is 17.7 Å². The second kappa shape index (κ2) is 4.83. The first-order valence-electron chi connectivity index (χ1n) is 5.94. The number of hydrogen-bond acceptors (Lipinski definition) is 2. The molecule has 0 radical (unpaired) electrons. The highest BCUT2D eigenvalue weighted by Crippen LogP contribution is 2.30. The fraction of sp³-hybridized carbons (Fsp3) is 0.538. The summed E-state index contributed by atoms with van der Waals surface area (Å²) in [6.07, 6.45) is 0.994. The van der Waals surface area contributed by atoms with Crippen LogP contribution in [0.5, 0.6) is 0 Å². The lowest BCUT2D eigenvalue weighted by Gasteiger charge is -2.32. The molecule has 94 valence electrons. The number of anilines is 1. The van der Waals surface area contributed by atoms with E-state index >= 15 is 0 Å². The Bertz CT molecular complexity index is 386. The Hall–Kier alpha value is -0.800. The number of para-hydroxylation sites is 1. The monoisotopic (exact) mass is 256 g/mol. The van der Waals surface area contributed by atoms with Gasteiger partial charge in [-0.15, -0.1) is 0 Å². The van der Waals surface area contributed by atoms with Gasteiger partial charge in [-0.3, -0.25) is 0 Å². The Morgan fingerprint density at radius 3 is 2.88 bits per heavy atom. The summed E-state index contributed by atoms with van der Waals surface area (Å²) in [6, 6.07) is 4.85. The van der Waals surface area contributed by atoms with E-state index in [9.17, 15) is 4.39 Å². The van der Waals surface area contributed by atoms with Crippen LogP contribution in [0, 0.1) is 5.82 Å². The molecule has 1 aliphatic rings. The normalized spacial score (nSPS) is 20.1. The summed E-state index contributed by atoms with van der Waals surface area (Å²) in [6.45, 7) is 6.79. The Balaban J connectivity index is 2.32. The predicted molar refractivity (Wildman–Crippen MR) is 70.3 cm³/mol. The summed E-state index contributed by atoms with van der Waals surface area (Å²) in [4.78, 5) is 2.04. The minimum atomic E-state index is -0.241. The van der Waals surface area contributed by atoms with Crippen LogP contribution in [0.25, 0.3) is 0 Å².